The first-order chi connectivity index (χ1) is 9.58. The van der Waals surface area contributed by atoms with Crippen LogP contribution in [-0.4, -0.2) is 13.2 Å². The minimum atomic E-state index is -0.342. The van der Waals surface area contributed by atoms with Gasteiger partial charge in [0.2, 0.25) is 0 Å². The summed E-state index contributed by atoms with van der Waals surface area (Å²) in [6, 6.07) is 10.9. The third-order valence-electron chi connectivity index (χ3n) is 3.00. The molecule has 2 rings (SSSR count). The van der Waals surface area contributed by atoms with Gasteiger partial charge in [0.1, 0.15) is 17.4 Å². The van der Waals surface area contributed by atoms with Gasteiger partial charge in [-0.05, 0) is 43.2 Å². The van der Waals surface area contributed by atoms with Gasteiger partial charge in [-0.25, -0.2) is 8.78 Å². The van der Waals surface area contributed by atoms with Crippen molar-refractivity contribution in [1.82, 2.24) is 0 Å². The summed E-state index contributed by atoms with van der Waals surface area (Å²) in [5.74, 6) is -0.129. The lowest BCUT2D eigenvalue weighted by Crippen LogP contribution is -2.18. The predicted octanol–water partition coefficient (Wildman–Crippen LogP) is 4.02. The van der Waals surface area contributed by atoms with E-state index in [1.54, 1.807) is 12.1 Å². The van der Waals surface area contributed by atoms with Gasteiger partial charge in [0.15, 0.2) is 0 Å². The summed E-state index contributed by atoms with van der Waals surface area (Å²) < 4.78 is 31.4. The second-order valence-electron chi connectivity index (χ2n) is 4.72. The topological polar surface area (TPSA) is 21.3 Å². The molecule has 0 radical (unpaired) electrons. The number of nitrogens with one attached hydrogen (secondary N) is 1. The first-order valence-electron chi connectivity index (χ1n) is 6.43. The molecular formula is C16H17F2NO. The fraction of sp³-hybridized carbons (Fsp3) is 0.250. The van der Waals surface area contributed by atoms with Crippen molar-refractivity contribution in [3.8, 4) is 5.75 Å². The highest BCUT2D eigenvalue weighted by Crippen LogP contribution is 2.26. The molecule has 0 aliphatic rings. The highest BCUT2D eigenvalue weighted by Gasteiger charge is 2.09. The molecule has 20 heavy (non-hydrogen) atoms. The smallest absolute Gasteiger partial charge is 0.144 e. The lowest BCUT2D eigenvalue weighted by Gasteiger charge is -2.17. The summed E-state index contributed by atoms with van der Waals surface area (Å²) in [6.07, 6.45) is 0.665. The zero-order chi connectivity index (χ0) is 14.5. The molecule has 0 bridgehead atoms. The van der Waals surface area contributed by atoms with Gasteiger partial charge in [0, 0.05) is 12.1 Å². The quantitative estimate of drug-likeness (QED) is 0.891. The first-order valence-corrected chi connectivity index (χ1v) is 6.43. The van der Waals surface area contributed by atoms with E-state index in [0.717, 1.165) is 11.3 Å². The van der Waals surface area contributed by atoms with Gasteiger partial charge in [0.05, 0.1) is 12.8 Å². The van der Waals surface area contributed by atoms with Gasteiger partial charge < -0.3 is 10.1 Å². The van der Waals surface area contributed by atoms with Crippen LogP contribution in [0.25, 0.3) is 0 Å². The fourth-order valence-electron chi connectivity index (χ4n) is 2.12. The second kappa shape index (κ2) is 6.37. The van der Waals surface area contributed by atoms with Crippen LogP contribution in [0.4, 0.5) is 14.5 Å². The average molecular weight is 277 g/mol. The molecule has 0 spiro atoms. The van der Waals surface area contributed by atoms with Crippen molar-refractivity contribution in [2.45, 2.75) is 19.4 Å². The van der Waals surface area contributed by atoms with Gasteiger partial charge in [-0.2, -0.15) is 0 Å². The normalized spacial score (nSPS) is 12.0. The Kier molecular flexibility index (Phi) is 4.56. The Hall–Kier alpha value is -2.10. The minimum absolute atomic E-state index is 0.0659. The third kappa shape index (κ3) is 3.70. The monoisotopic (exact) mass is 277 g/mol. The van der Waals surface area contributed by atoms with E-state index in [4.69, 9.17) is 4.74 Å². The molecule has 2 nitrogen and oxygen atoms in total. The lowest BCUT2D eigenvalue weighted by atomic mass is 10.1. The molecule has 0 aromatic heterocycles. The van der Waals surface area contributed by atoms with E-state index in [0.29, 0.717) is 12.2 Å². The van der Waals surface area contributed by atoms with E-state index >= 15 is 0 Å². The molecule has 0 fully saturated rings. The van der Waals surface area contributed by atoms with Crippen LogP contribution in [-0.2, 0) is 6.42 Å². The number of anilines is 1. The molecule has 0 heterocycles. The van der Waals surface area contributed by atoms with Gasteiger partial charge in [-0.3, -0.25) is 0 Å². The summed E-state index contributed by atoms with van der Waals surface area (Å²) in [4.78, 5) is 0. The van der Waals surface area contributed by atoms with Gasteiger partial charge in [-0.1, -0.05) is 12.1 Å². The molecule has 2 aromatic carbocycles. The van der Waals surface area contributed by atoms with Crippen LogP contribution in [0.5, 0.6) is 5.75 Å². The Morgan fingerprint density at radius 3 is 2.55 bits per heavy atom. The number of halogens is 2. The van der Waals surface area contributed by atoms with Gasteiger partial charge in [-0.15, -0.1) is 0 Å². The Bertz CT molecular complexity index is 586. The Morgan fingerprint density at radius 1 is 1.10 bits per heavy atom. The van der Waals surface area contributed by atoms with Crippen LogP contribution >= 0.6 is 0 Å². The molecule has 1 atom stereocenters. The molecule has 1 N–H and O–H groups in total. The highest BCUT2D eigenvalue weighted by molar-refractivity contribution is 5.57. The van der Waals surface area contributed by atoms with Crippen molar-refractivity contribution >= 4 is 5.69 Å². The summed E-state index contributed by atoms with van der Waals surface area (Å²) in [6.45, 7) is 1.98. The first kappa shape index (κ1) is 14.3. The summed E-state index contributed by atoms with van der Waals surface area (Å²) in [5.41, 5.74) is 1.63. The number of hydrogen-bond donors (Lipinski definition) is 1. The Labute approximate surface area is 117 Å². The second-order valence-corrected chi connectivity index (χ2v) is 4.72. The number of ether oxygens (including phenoxy) is 1. The van der Waals surface area contributed by atoms with Gasteiger partial charge >= 0.3 is 0 Å². The van der Waals surface area contributed by atoms with Crippen molar-refractivity contribution in [3.63, 3.8) is 0 Å². The largest absolute Gasteiger partial charge is 0.494 e. The molecule has 1 unspecified atom stereocenters. The highest BCUT2D eigenvalue weighted by atomic mass is 19.1. The van der Waals surface area contributed by atoms with Crippen molar-refractivity contribution in [2.75, 3.05) is 12.4 Å². The predicted molar refractivity (Wildman–Crippen MR) is 76.1 cm³/mol. The van der Waals surface area contributed by atoms with E-state index in [2.05, 4.69) is 5.32 Å². The molecule has 4 heteroatoms. The Balaban J connectivity index is 2.06. The minimum Gasteiger partial charge on any atom is -0.494 e. The number of rotatable bonds is 5. The summed E-state index contributed by atoms with van der Waals surface area (Å²) in [5, 5.41) is 3.24. The Morgan fingerprint density at radius 2 is 1.85 bits per heavy atom. The van der Waals surface area contributed by atoms with Crippen molar-refractivity contribution in [3.05, 3.63) is 59.7 Å². The van der Waals surface area contributed by atoms with Crippen LogP contribution in [0.1, 0.15) is 12.5 Å². The van der Waals surface area contributed by atoms with Crippen molar-refractivity contribution in [2.24, 2.45) is 0 Å². The fourth-order valence-corrected chi connectivity index (χ4v) is 2.12. The van der Waals surface area contributed by atoms with Crippen LogP contribution in [0, 0.1) is 11.6 Å². The van der Waals surface area contributed by atoms with E-state index in [1.807, 2.05) is 13.0 Å². The maximum atomic E-state index is 13.1. The average Bonchev–Trinajstić information content (AvgIpc) is 2.40. The summed E-state index contributed by atoms with van der Waals surface area (Å²) >= 11 is 0. The lowest BCUT2D eigenvalue weighted by molar-refractivity contribution is 0.412. The molecular weight excluding hydrogens is 260 g/mol. The third-order valence-corrected chi connectivity index (χ3v) is 3.00. The van der Waals surface area contributed by atoms with E-state index in [-0.39, 0.29) is 17.7 Å². The zero-order valence-corrected chi connectivity index (χ0v) is 11.5. The van der Waals surface area contributed by atoms with Gasteiger partial charge in [0.25, 0.3) is 0 Å². The van der Waals surface area contributed by atoms with Crippen molar-refractivity contribution in [1.29, 1.82) is 0 Å². The molecule has 0 saturated heterocycles. The van der Waals surface area contributed by atoms with Crippen LogP contribution in [0.2, 0.25) is 0 Å². The van der Waals surface area contributed by atoms with E-state index in [9.17, 15) is 8.78 Å². The SMILES string of the molecule is COc1cc(F)ccc1NC(C)Cc1cccc(F)c1. The number of hydrogen-bond acceptors (Lipinski definition) is 2. The molecule has 0 saturated carbocycles. The number of methoxy groups -OCH3 is 1. The standard InChI is InChI=1S/C16H17F2NO/c1-11(8-12-4-3-5-13(17)9-12)19-15-7-6-14(18)10-16(15)20-2/h3-7,9-11,19H,8H2,1-2H3. The van der Waals surface area contributed by atoms with Crippen LogP contribution in [0.3, 0.4) is 0 Å². The number of benzene rings is 2. The molecule has 0 aliphatic carbocycles. The van der Waals surface area contributed by atoms with E-state index in [1.165, 1.54) is 31.4 Å². The molecule has 106 valence electrons. The maximum absolute atomic E-state index is 13.1. The molecule has 2 aromatic rings. The zero-order valence-electron chi connectivity index (χ0n) is 11.5. The van der Waals surface area contributed by atoms with Crippen LogP contribution < -0.4 is 10.1 Å². The maximum Gasteiger partial charge on any atom is 0.144 e. The van der Waals surface area contributed by atoms with E-state index < -0.39 is 0 Å². The molecule has 0 amide bonds. The van der Waals surface area contributed by atoms with Crippen molar-refractivity contribution < 1.29 is 13.5 Å². The van der Waals surface area contributed by atoms with Crippen LogP contribution in [0.15, 0.2) is 42.5 Å². The molecule has 0 aliphatic heterocycles. The summed E-state index contributed by atoms with van der Waals surface area (Å²) in [7, 11) is 1.50.